The molecule has 0 atom stereocenters. The third-order valence-corrected chi connectivity index (χ3v) is 4.09. The topological polar surface area (TPSA) is 95.7 Å². The molecule has 0 fully saturated rings. The molecule has 0 bridgehead atoms. The predicted molar refractivity (Wildman–Crippen MR) is 102 cm³/mol. The van der Waals surface area contributed by atoms with Crippen LogP contribution in [0.25, 0.3) is 11.5 Å². The summed E-state index contributed by atoms with van der Waals surface area (Å²) in [6.45, 7) is 2.09. The van der Waals surface area contributed by atoms with E-state index >= 15 is 0 Å². The first kappa shape index (κ1) is 19.2. The first-order chi connectivity index (χ1) is 13.5. The van der Waals surface area contributed by atoms with E-state index in [4.69, 9.17) is 18.6 Å². The van der Waals surface area contributed by atoms with Crippen molar-refractivity contribution < 1.29 is 23.4 Å². The van der Waals surface area contributed by atoms with Crippen LogP contribution in [0.3, 0.4) is 0 Å². The average molecular weight is 383 g/mol. The van der Waals surface area contributed by atoms with Crippen LogP contribution < -0.4 is 19.5 Å². The fourth-order valence-corrected chi connectivity index (χ4v) is 2.61. The molecule has 0 aliphatic heterocycles. The number of ether oxygens (including phenoxy) is 3. The first-order valence-electron chi connectivity index (χ1n) is 8.53. The highest BCUT2D eigenvalue weighted by Gasteiger charge is 2.17. The van der Waals surface area contributed by atoms with Crippen molar-refractivity contribution in [3.63, 3.8) is 0 Å². The van der Waals surface area contributed by atoms with E-state index in [1.165, 1.54) is 21.3 Å². The lowest BCUT2D eigenvalue weighted by Crippen LogP contribution is -2.23. The molecule has 8 nitrogen and oxygen atoms in total. The van der Waals surface area contributed by atoms with Crippen LogP contribution in [0, 0.1) is 6.92 Å². The number of carbonyl (C=O) groups is 1. The number of nitrogens with one attached hydrogen (secondary N) is 1. The molecular formula is C20H21N3O5. The quantitative estimate of drug-likeness (QED) is 0.670. The van der Waals surface area contributed by atoms with Gasteiger partial charge >= 0.3 is 0 Å². The number of aromatic nitrogens is 2. The fourth-order valence-electron chi connectivity index (χ4n) is 2.61. The van der Waals surface area contributed by atoms with Crippen LogP contribution in [0.5, 0.6) is 17.2 Å². The maximum absolute atomic E-state index is 12.5. The Bertz CT molecular complexity index is 941. The van der Waals surface area contributed by atoms with Gasteiger partial charge in [0.15, 0.2) is 11.5 Å². The Kier molecular flexibility index (Phi) is 5.78. The van der Waals surface area contributed by atoms with Crippen molar-refractivity contribution >= 4 is 5.91 Å². The molecular weight excluding hydrogens is 362 g/mol. The summed E-state index contributed by atoms with van der Waals surface area (Å²) in [4.78, 5) is 12.5. The maximum atomic E-state index is 12.5. The van der Waals surface area contributed by atoms with Crippen LogP contribution in [-0.2, 0) is 6.54 Å². The van der Waals surface area contributed by atoms with E-state index in [0.717, 1.165) is 11.1 Å². The minimum absolute atomic E-state index is 0.0916. The second-order valence-electron chi connectivity index (χ2n) is 5.96. The van der Waals surface area contributed by atoms with Gasteiger partial charge in [0, 0.05) is 11.1 Å². The van der Waals surface area contributed by atoms with Gasteiger partial charge in [-0.05, 0) is 31.2 Å². The summed E-state index contributed by atoms with van der Waals surface area (Å²) in [5, 5.41) is 10.7. The van der Waals surface area contributed by atoms with Crippen molar-refractivity contribution in [3.05, 3.63) is 53.4 Å². The van der Waals surface area contributed by atoms with Gasteiger partial charge in [-0.25, -0.2) is 0 Å². The Hall–Kier alpha value is -3.55. The molecule has 1 heterocycles. The Morgan fingerprint density at radius 3 is 2.21 bits per heavy atom. The van der Waals surface area contributed by atoms with E-state index in [0.29, 0.717) is 34.6 Å². The summed E-state index contributed by atoms with van der Waals surface area (Å²) >= 11 is 0. The molecule has 1 aromatic heterocycles. The summed E-state index contributed by atoms with van der Waals surface area (Å²) < 4.78 is 21.4. The van der Waals surface area contributed by atoms with Crippen molar-refractivity contribution in [2.75, 3.05) is 21.3 Å². The molecule has 0 aliphatic carbocycles. The number of methoxy groups -OCH3 is 3. The molecule has 8 heteroatoms. The summed E-state index contributed by atoms with van der Waals surface area (Å²) in [6.07, 6.45) is 0. The van der Waals surface area contributed by atoms with Gasteiger partial charge in [0.25, 0.3) is 5.91 Å². The molecule has 1 amide bonds. The minimum atomic E-state index is -0.339. The number of amides is 1. The summed E-state index contributed by atoms with van der Waals surface area (Å²) in [7, 11) is 4.48. The molecule has 3 aromatic rings. The molecule has 0 saturated heterocycles. The molecule has 1 N–H and O–H groups in total. The zero-order valence-electron chi connectivity index (χ0n) is 16.1. The molecule has 0 radical (unpaired) electrons. The molecule has 0 saturated carbocycles. The zero-order valence-corrected chi connectivity index (χ0v) is 16.1. The van der Waals surface area contributed by atoms with Crippen LogP contribution in [-0.4, -0.2) is 37.4 Å². The third kappa shape index (κ3) is 4.06. The number of benzene rings is 2. The zero-order chi connectivity index (χ0) is 20.1. The van der Waals surface area contributed by atoms with Crippen LogP contribution >= 0.6 is 0 Å². The van der Waals surface area contributed by atoms with E-state index in [1.54, 1.807) is 12.1 Å². The van der Waals surface area contributed by atoms with Gasteiger partial charge in [0.2, 0.25) is 17.5 Å². The lowest BCUT2D eigenvalue weighted by Gasteiger charge is -2.13. The second kappa shape index (κ2) is 8.43. The van der Waals surface area contributed by atoms with Crippen molar-refractivity contribution in [1.82, 2.24) is 15.5 Å². The van der Waals surface area contributed by atoms with E-state index < -0.39 is 0 Å². The number of hydrogen-bond donors (Lipinski definition) is 1. The maximum Gasteiger partial charge on any atom is 0.251 e. The van der Waals surface area contributed by atoms with Crippen molar-refractivity contribution in [1.29, 1.82) is 0 Å². The second-order valence-corrected chi connectivity index (χ2v) is 5.96. The lowest BCUT2D eigenvalue weighted by molar-refractivity contribution is 0.0946. The molecule has 28 heavy (non-hydrogen) atoms. The van der Waals surface area contributed by atoms with Crippen LogP contribution in [0.1, 0.15) is 21.8 Å². The number of aryl methyl sites for hydroxylation is 1. The Labute approximate surface area is 162 Å². The van der Waals surface area contributed by atoms with Crippen LogP contribution in [0.15, 0.2) is 40.8 Å². The predicted octanol–water partition coefficient (Wildman–Crippen LogP) is 3.00. The van der Waals surface area contributed by atoms with E-state index in [2.05, 4.69) is 15.5 Å². The molecule has 0 unspecified atom stereocenters. The summed E-state index contributed by atoms with van der Waals surface area (Å²) in [5.74, 6) is 1.57. The largest absolute Gasteiger partial charge is 0.493 e. The van der Waals surface area contributed by atoms with Gasteiger partial charge in [-0.15, -0.1) is 10.2 Å². The average Bonchev–Trinajstić information content (AvgIpc) is 3.20. The smallest absolute Gasteiger partial charge is 0.251 e. The number of hydrogen-bond acceptors (Lipinski definition) is 7. The fraction of sp³-hybridized carbons (Fsp3) is 0.250. The number of rotatable bonds is 7. The summed E-state index contributed by atoms with van der Waals surface area (Å²) in [6, 6.07) is 10.9. The Balaban J connectivity index is 1.71. The molecule has 0 spiro atoms. The number of carbonyl (C=O) groups excluding carboxylic acids is 1. The van der Waals surface area contributed by atoms with E-state index in [1.807, 2.05) is 31.2 Å². The van der Waals surface area contributed by atoms with Gasteiger partial charge in [-0.3, -0.25) is 4.79 Å². The van der Waals surface area contributed by atoms with Crippen LogP contribution in [0.2, 0.25) is 0 Å². The van der Waals surface area contributed by atoms with Gasteiger partial charge in [0.1, 0.15) is 0 Å². The third-order valence-electron chi connectivity index (χ3n) is 4.09. The monoisotopic (exact) mass is 383 g/mol. The summed E-state index contributed by atoms with van der Waals surface area (Å²) in [5.41, 5.74) is 2.31. The molecule has 2 aromatic carbocycles. The first-order valence-corrected chi connectivity index (χ1v) is 8.53. The van der Waals surface area contributed by atoms with Gasteiger partial charge in [-0.1, -0.05) is 17.7 Å². The highest BCUT2D eigenvalue weighted by atomic mass is 16.5. The van der Waals surface area contributed by atoms with Gasteiger partial charge < -0.3 is 23.9 Å². The lowest BCUT2D eigenvalue weighted by atomic mass is 10.1. The van der Waals surface area contributed by atoms with Gasteiger partial charge in [0.05, 0.1) is 27.9 Å². The van der Waals surface area contributed by atoms with Crippen LogP contribution in [0.4, 0.5) is 0 Å². The Morgan fingerprint density at radius 1 is 1.00 bits per heavy atom. The Morgan fingerprint density at radius 2 is 1.64 bits per heavy atom. The molecule has 3 rings (SSSR count). The normalized spacial score (nSPS) is 10.4. The van der Waals surface area contributed by atoms with Crippen molar-refractivity contribution in [2.24, 2.45) is 0 Å². The number of nitrogens with zero attached hydrogens (tertiary/aromatic N) is 2. The van der Waals surface area contributed by atoms with Crippen molar-refractivity contribution in [3.8, 4) is 28.7 Å². The minimum Gasteiger partial charge on any atom is -0.493 e. The SMILES string of the molecule is COc1cc(C(=O)NCc2nnc(-c3ccc(C)cc3)o2)cc(OC)c1OC. The highest BCUT2D eigenvalue weighted by Crippen LogP contribution is 2.38. The molecule has 0 aliphatic rings. The van der Waals surface area contributed by atoms with E-state index in [-0.39, 0.29) is 12.5 Å². The van der Waals surface area contributed by atoms with E-state index in [9.17, 15) is 4.79 Å². The highest BCUT2D eigenvalue weighted by molar-refractivity contribution is 5.95. The molecule has 146 valence electrons. The van der Waals surface area contributed by atoms with Gasteiger partial charge in [-0.2, -0.15) is 0 Å². The van der Waals surface area contributed by atoms with Crippen molar-refractivity contribution in [2.45, 2.75) is 13.5 Å². The standard InChI is InChI=1S/C20H21N3O5/c1-12-5-7-13(8-6-12)20-23-22-17(28-20)11-21-19(24)14-9-15(25-2)18(27-4)16(10-14)26-3/h5-10H,11H2,1-4H3,(H,21,24).